The Kier molecular flexibility index (Phi) is 3.91. The molecule has 5 aromatic rings. The van der Waals surface area contributed by atoms with E-state index in [4.69, 9.17) is 9.97 Å². The molecule has 3 nitrogen and oxygen atoms in total. The van der Waals surface area contributed by atoms with Crippen molar-refractivity contribution in [2.45, 2.75) is 0 Å². The molecule has 0 spiro atoms. The first-order valence-corrected chi connectivity index (χ1v) is 9.45. The second-order valence-electron chi connectivity index (χ2n) is 6.34. The standard InChI is InChI=1S/C23H14BrN3/c24-19-11-9-16(10-12-19)23-26-20-6-3-13-25-22(20)21(27-23)18-8-7-15-4-1-2-5-17(15)14-18/h1-14H. The Morgan fingerprint density at radius 1 is 0.667 bits per heavy atom. The first-order chi connectivity index (χ1) is 13.3. The molecule has 0 N–H and O–H groups in total. The van der Waals surface area contributed by atoms with Crippen molar-refractivity contribution in [2.75, 3.05) is 0 Å². The number of hydrogen-bond acceptors (Lipinski definition) is 3. The average molecular weight is 412 g/mol. The van der Waals surface area contributed by atoms with Gasteiger partial charge in [-0.15, -0.1) is 0 Å². The van der Waals surface area contributed by atoms with Gasteiger partial charge in [0.1, 0.15) is 11.2 Å². The lowest BCUT2D eigenvalue weighted by atomic mass is 10.0. The van der Waals surface area contributed by atoms with Gasteiger partial charge in [0.25, 0.3) is 0 Å². The van der Waals surface area contributed by atoms with E-state index in [1.165, 1.54) is 10.8 Å². The fourth-order valence-corrected chi connectivity index (χ4v) is 3.50. The van der Waals surface area contributed by atoms with E-state index < -0.39 is 0 Å². The highest BCUT2D eigenvalue weighted by molar-refractivity contribution is 9.10. The topological polar surface area (TPSA) is 38.7 Å². The van der Waals surface area contributed by atoms with Crippen LogP contribution in [0, 0.1) is 0 Å². The summed E-state index contributed by atoms with van der Waals surface area (Å²) in [5.41, 5.74) is 4.52. The quantitative estimate of drug-likeness (QED) is 0.343. The Bertz CT molecular complexity index is 1280. The molecule has 0 radical (unpaired) electrons. The van der Waals surface area contributed by atoms with Crippen LogP contribution in [0.25, 0.3) is 44.5 Å². The summed E-state index contributed by atoms with van der Waals surface area (Å²) in [7, 11) is 0. The Morgan fingerprint density at radius 3 is 2.30 bits per heavy atom. The zero-order chi connectivity index (χ0) is 18.2. The summed E-state index contributed by atoms with van der Waals surface area (Å²) in [5.74, 6) is 0.700. The van der Waals surface area contributed by atoms with Crippen molar-refractivity contribution in [3.63, 3.8) is 0 Å². The van der Waals surface area contributed by atoms with E-state index in [-0.39, 0.29) is 0 Å². The normalized spacial score (nSPS) is 11.1. The fourth-order valence-electron chi connectivity index (χ4n) is 3.23. The first kappa shape index (κ1) is 16.1. The highest BCUT2D eigenvalue weighted by Gasteiger charge is 2.12. The number of halogens is 1. The van der Waals surface area contributed by atoms with Gasteiger partial charge in [-0.05, 0) is 41.1 Å². The highest BCUT2D eigenvalue weighted by atomic mass is 79.9. The van der Waals surface area contributed by atoms with E-state index in [2.05, 4.69) is 63.4 Å². The maximum atomic E-state index is 4.89. The number of fused-ring (bicyclic) bond motifs is 2. The number of benzene rings is 3. The van der Waals surface area contributed by atoms with Crippen LogP contribution < -0.4 is 0 Å². The summed E-state index contributed by atoms with van der Waals surface area (Å²) in [6, 6.07) is 26.7. The van der Waals surface area contributed by atoms with Crippen molar-refractivity contribution in [3.05, 3.63) is 89.5 Å². The molecule has 128 valence electrons. The summed E-state index contributed by atoms with van der Waals surface area (Å²) in [4.78, 5) is 14.2. The SMILES string of the molecule is Brc1ccc(-c2nc(-c3ccc4ccccc4c3)c3ncccc3n2)cc1. The highest BCUT2D eigenvalue weighted by Crippen LogP contribution is 2.30. The third kappa shape index (κ3) is 2.98. The lowest BCUT2D eigenvalue weighted by Gasteiger charge is -2.09. The number of nitrogens with zero attached hydrogens (tertiary/aromatic N) is 3. The smallest absolute Gasteiger partial charge is 0.160 e. The third-order valence-electron chi connectivity index (χ3n) is 4.58. The number of pyridine rings is 1. The number of aromatic nitrogens is 3. The summed E-state index contributed by atoms with van der Waals surface area (Å²) < 4.78 is 1.03. The molecule has 0 fully saturated rings. The molecule has 0 saturated heterocycles. The molecule has 3 aromatic carbocycles. The minimum atomic E-state index is 0.700. The minimum absolute atomic E-state index is 0.700. The summed E-state index contributed by atoms with van der Waals surface area (Å²) in [6.07, 6.45) is 1.79. The van der Waals surface area contributed by atoms with Crippen molar-refractivity contribution >= 4 is 37.7 Å². The van der Waals surface area contributed by atoms with E-state index >= 15 is 0 Å². The molecule has 0 aliphatic rings. The van der Waals surface area contributed by atoms with Crippen LogP contribution in [0.4, 0.5) is 0 Å². The minimum Gasteiger partial charge on any atom is -0.252 e. The van der Waals surface area contributed by atoms with Crippen LogP contribution in [-0.2, 0) is 0 Å². The maximum absolute atomic E-state index is 4.89. The maximum Gasteiger partial charge on any atom is 0.160 e. The Hall–Kier alpha value is -3.11. The van der Waals surface area contributed by atoms with Gasteiger partial charge in [-0.25, -0.2) is 9.97 Å². The number of hydrogen-bond donors (Lipinski definition) is 0. The largest absolute Gasteiger partial charge is 0.252 e. The van der Waals surface area contributed by atoms with E-state index in [9.17, 15) is 0 Å². The third-order valence-corrected chi connectivity index (χ3v) is 5.11. The molecule has 0 bridgehead atoms. The van der Waals surface area contributed by atoms with Crippen molar-refractivity contribution in [1.29, 1.82) is 0 Å². The van der Waals surface area contributed by atoms with Crippen LogP contribution in [0.5, 0.6) is 0 Å². The van der Waals surface area contributed by atoms with Gasteiger partial charge >= 0.3 is 0 Å². The van der Waals surface area contributed by atoms with E-state index in [0.717, 1.165) is 32.3 Å². The molecule has 0 unspecified atom stereocenters. The molecule has 0 atom stereocenters. The van der Waals surface area contributed by atoms with Gasteiger partial charge < -0.3 is 0 Å². The molecule has 4 heteroatoms. The lowest BCUT2D eigenvalue weighted by molar-refractivity contribution is 1.21. The van der Waals surface area contributed by atoms with Crippen LogP contribution in [0.2, 0.25) is 0 Å². The Balaban J connectivity index is 1.77. The van der Waals surface area contributed by atoms with Gasteiger partial charge in [0, 0.05) is 21.8 Å². The van der Waals surface area contributed by atoms with Crippen LogP contribution >= 0.6 is 15.9 Å². The van der Waals surface area contributed by atoms with Gasteiger partial charge in [0.15, 0.2) is 5.82 Å². The van der Waals surface area contributed by atoms with E-state index in [0.29, 0.717) is 5.82 Å². The van der Waals surface area contributed by atoms with Crippen molar-refractivity contribution in [1.82, 2.24) is 15.0 Å². The molecular formula is C23H14BrN3. The zero-order valence-electron chi connectivity index (χ0n) is 14.3. The fraction of sp³-hybridized carbons (Fsp3) is 0. The lowest BCUT2D eigenvalue weighted by Crippen LogP contribution is -1.96. The van der Waals surface area contributed by atoms with Gasteiger partial charge in [-0.1, -0.05) is 64.5 Å². The van der Waals surface area contributed by atoms with Gasteiger partial charge in [-0.2, -0.15) is 0 Å². The monoisotopic (exact) mass is 411 g/mol. The average Bonchev–Trinajstić information content (AvgIpc) is 2.73. The Labute approximate surface area is 164 Å². The van der Waals surface area contributed by atoms with Crippen LogP contribution in [-0.4, -0.2) is 15.0 Å². The van der Waals surface area contributed by atoms with E-state index in [1.54, 1.807) is 6.20 Å². The Morgan fingerprint density at radius 2 is 1.44 bits per heavy atom. The number of rotatable bonds is 2. The van der Waals surface area contributed by atoms with Crippen LogP contribution in [0.1, 0.15) is 0 Å². The second-order valence-corrected chi connectivity index (χ2v) is 7.25. The molecule has 2 heterocycles. The predicted octanol–water partition coefficient (Wildman–Crippen LogP) is 6.27. The van der Waals surface area contributed by atoms with Crippen molar-refractivity contribution < 1.29 is 0 Å². The predicted molar refractivity (Wildman–Crippen MR) is 113 cm³/mol. The first-order valence-electron chi connectivity index (χ1n) is 8.66. The van der Waals surface area contributed by atoms with Gasteiger partial charge in [0.2, 0.25) is 0 Å². The zero-order valence-corrected chi connectivity index (χ0v) is 15.9. The molecule has 0 aliphatic heterocycles. The van der Waals surface area contributed by atoms with Crippen LogP contribution in [0.15, 0.2) is 89.5 Å². The summed E-state index contributed by atoms with van der Waals surface area (Å²) >= 11 is 3.48. The van der Waals surface area contributed by atoms with Gasteiger partial charge in [0.05, 0.1) is 5.52 Å². The molecule has 0 saturated carbocycles. The molecule has 5 rings (SSSR count). The summed E-state index contributed by atoms with van der Waals surface area (Å²) in [6.45, 7) is 0. The van der Waals surface area contributed by atoms with E-state index in [1.807, 2.05) is 36.4 Å². The summed E-state index contributed by atoms with van der Waals surface area (Å²) in [5, 5.41) is 2.39. The molecule has 27 heavy (non-hydrogen) atoms. The molecule has 0 aliphatic carbocycles. The molecule has 2 aromatic heterocycles. The second kappa shape index (κ2) is 6.56. The van der Waals surface area contributed by atoms with Crippen molar-refractivity contribution in [2.24, 2.45) is 0 Å². The molecular weight excluding hydrogens is 398 g/mol. The van der Waals surface area contributed by atoms with Crippen LogP contribution in [0.3, 0.4) is 0 Å². The molecule has 0 amide bonds. The van der Waals surface area contributed by atoms with Gasteiger partial charge in [-0.3, -0.25) is 4.98 Å². The van der Waals surface area contributed by atoms with Crippen molar-refractivity contribution in [3.8, 4) is 22.6 Å².